The predicted molar refractivity (Wildman–Crippen MR) is 104 cm³/mol. The molecule has 134 valence electrons. The van der Waals surface area contributed by atoms with Crippen molar-refractivity contribution in [2.75, 3.05) is 7.11 Å². The Morgan fingerprint density at radius 1 is 0.741 bits per heavy atom. The molecule has 4 nitrogen and oxygen atoms in total. The Kier molecular flexibility index (Phi) is 5.80. The number of carbonyl (C=O) groups excluding carboxylic acids is 2. The van der Waals surface area contributed by atoms with Crippen molar-refractivity contribution >= 4 is 17.8 Å². The van der Waals surface area contributed by atoms with E-state index in [9.17, 15) is 9.59 Å². The van der Waals surface area contributed by atoms with Crippen molar-refractivity contribution < 1.29 is 19.1 Å². The highest BCUT2D eigenvalue weighted by atomic mass is 16.5. The second kappa shape index (κ2) is 8.63. The van der Waals surface area contributed by atoms with E-state index < -0.39 is 5.97 Å². The van der Waals surface area contributed by atoms with Crippen LogP contribution in [0, 0.1) is 0 Å². The Labute approximate surface area is 157 Å². The molecule has 0 aliphatic rings. The van der Waals surface area contributed by atoms with Gasteiger partial charge in [-0.3, -0.25) is 4.79 Å². The second-order valence-electron chi connectivity index (χ2n) is 5.75. The van der Waals surface area contributed by atoms with Crippen LogP contribution in [0.3, 0.4) is 0 Å². The lowest BCUT2D eigenvalue weighted by Gasteiger charge is -2.04. The van der Waals surface area contributed by atoms with Gasteiger partial charge in [0.05, 0.1) is 7.11 Å². The fourth-order valence-corrected chi connectivity index (χ4v) is 2.46. The molecule has 0 unspecified atom stereocenters. The molecule has 0 aliphatic heterocycles. The van der Waals surface area contributed by atoms with Crippen LogP contribution in [0.2, 0.25) is 0 Å². The van der Waals surface area contributed by atoms with Crippen molar-refractivity contribution in [3.05, 3.63) is 102 Å². The van der Waals surface area contributed by atoms with Crippen LogP contribution < -0.4 is 9.47 Å². The summed E-state index contributed by atoms with van der Waals surface area (Å²) in [4.78, 5) is 24.3. The number of hydrogen-bond donors (Lipinski definition) is 0. The SMILES string of the molecule is COc1ccc(/C=C/C(=O)Oc2ccc(C(=O)c3ccccc3)cc2)cc1. The van der Waals surface area contributed by atoms with E-state index in [0.29, 0.717) is 16.9 Å². The zero-order chi connectivity index (χ0) is 19.1. The van der Waals surface area contributed by atoms with Crippen molar-refractivity contribution in [1.29, 1.82) is 0 Å². The number of esters is 1. The summed E-state index contributed by atoms with van der Waals surface area (Å²) in [6.45, 7) is 0. The molecule has 0 aliphatic carbocycles. The Balaban J connectivity index is 1.61. The third-order valence-electron chi connectivity index (χ3n) is 3.90. The number of rotatable bonds is 6. The van der Waals surface area contributed by atoms with E-state index in [1.54, 1.807) is 49.6 Å². The van der Waals surface area contributed by atoms with Gasteiger partial charge in [0.1, 0.15) is 11.5 Å². The number of benzene rings is 3. The maximum atomic E-state index is 12.4. The number of methoxy groups -OCH3 is 1. The van der Waals surface area contributed by atoms with E-state index in [0.717, 1.165) is 11.3 Å². The van der Waals surface area contributed by atoms with Crippen molar-refractivity contribution in [1.82, 2.24) is 0 Å². The molecule has 0 heterocycles. The lowest BCUT2D eigenvalue weighted by molar-refractivity contribution is -0.128. The molecule has 0 radical (unpaired) electrons. The lowest BCUT2D eigenvalue weighted by atomic mass is 10.0. The maximum absolute atomic E-state index is 12.4. The molecule has 0 aromatic heterocycles. The summed E-state index contributed by atoms with van der Waals surface area (Å²) in [5, 5.41) is 0. The molecule has 0 spiro atoms. The van der Waals surface area contributed by atoms with Gasteiger partial charge in [0.2, 0.25) is 0 Å². The lowest BCUT2D eigenvalue weighted by Crippen LogP contribution is -2.05. The highest BCUT2D eigenvalue weighted by molar-refractivity contribution is 6.09. The molecule has 0 amide bonds. The third-order valence-corrected chi connectivity index (χ3v) is 3.90. The first-order valence-corrected chi connectivity index (χ1v) is 8.39. The highest BCUT2D eigenvalue weighted by Crippen LogP contribution is 2.16. The van der Waals surface area contributed by atoms with Gasteiger partial charge in [-0.2, -0.15) is 0 Å². The molecule has 0 N–H and O–H groups in total. The smallest absolute Gasteiger partial charge is 0.336 e. The second-order valence-corrected chi connectivity index (χ2v) is 5.75. The fraction of sp³-hybridized carbons (Fsp3) is 0.0435. The molecule has 27 heavy (non-hydrogen) atoms. The molecule has 3 aromatic carbocycles. The summed E-state index contributed by atoms with van der Waals surface area (Å²) in [7, 11) is 1.60. The summed E-state index contributed by atoms with van der Waals surface area (Å²) in [6, 6.07) is 22.8. The third kappa shape index (κ3) is 4.92. The Hall–Kier alpha value is -3.66. The Bertz CT molecular complexity index is 940. The molecular formula is C23H18O4. The van der Waals surface area contributed by atoms with Crippen LogP contribution in [0.1, 0.15) is 21.5 Å². The molecule has 0 saturated heterocycles. The van der Waals surface area contributed by atoms with Gasteiger partial charge in [0.25, 0.3) is 0 Å². The average Bonchev–Trinajstić information content (AvgIpc) is 2.73. The van der Waals surface area contributed by atoms with E-state index in [1.165, 1.54) is 6.08 Å². The molecule has 3 aromatic rings. The largest absolute Gasteiger partial charge is 0.497 e. The maximum Gasteiger partial charge on any atom is 0.336 e. The quantitative estimate of drug-likeness (QED) is 0.281. The van der Waals surface area contributed by atoms with Crippen LogP contribution in [0.5, 0.6) is 11.5 Å². The predicted octanol–water partition coefficient (Wildman–Crippen LogP) is 4.55. The molecule has 0 bridgehead atoms. The monoisotopic (exact) mass is 358 g/mol. The number of hydrogen-bond acceptors (Lipinski definition) is 4. The van der Waals surface area contributed by atoms with Gasteiger partial charge >= 0.3 is 5.97 Å². The van der Waals surface area contributed by atoms with Crippen molar-refractivity contribution in [3.8, 4) is 11.5 Å². The normalized spacial score (nSPS) is 10.6. The van der Waals surface area contributed by atoms with E-state index in [1.807, 2.05) is 42.5 Å². The van der Waals surface area contributed by atoms with Crippen LogP contribution in [0.4, 0.5) is 0 Å². The van der Waals surface area contributed by atoms with Gasteiger partial charge < -0.3 is 9.47 Å². The Morgan fingerprint density at radius 2 is 1.33 bits per heavy atom. The van der Waals surface area contributed by atoms with Gasteiger partial charge in [-0.05, 0) is 48.0 Å². The van der Waals surface area contributed by atoms with Gasteiger partial charge in [-0.25, -0.2) is 4.79 Å². The van der Waals surface area contributed by atoms with E-state index in [-0.39, 0.29) is 5.78 Å². The minimum Gasteiger partial charge on any atom is -0.497 e. The molecule has 0 atom stereocenters. The summed E-state index contributed by atoms with van der Waals surface area (Å²) in [6.07, 6.45) is 3.01. The molecule has 0 fully saturated rings. The van der Waals surface area contributed by atoms with E-state index in [2.05, 4.69) is 0 Å². The van der Waals surface area contributed by atoms with E-state index in [4.69, 9.17) is 9.47 Å². The zero-order valence-corrected chi connectivity index (χ0v) is 14.8. The number of carbonyl (C=O) groups is 2. The van der Waals surface area contributed by atoms with Crippen LogP contribution in [0.25, 0.3) is 6.08 Å². The number of ether oxygens (including phenoxy) is 2. The zero-order valence-electron chi connectivity index (χ0n) is 14.8. The highest BCUT2D eigenvalue weighted by Gasteiger charge is 2.09. The molecular weight excluding hydrogens is 340 g/mol. The summed E-state index contributed by atoms with van der Waals surface area (Å²) in [5.74, 6) is 0.560. The molecule has 0 saturated carbocycles. The number of ketones is 1. The van der Waals surface area contributed by atoms with Crippen molar-refractivity contribution in [2.45, 2.75) is 0 Å². The van der Waals surface area contributed by atoms with Crippen LogP contribution in [0.15, 0.2) is 84.9 Å². The molecule has 4 heteroatoms. The van der Waals surface area contributed by atoms with Crippen LogP contribution in [-0.4, -0.2) is 18.9 Å². The van der Waals surface area contributed by atoms with Gasteiger partial charge in [0.15, 0.2) is 5.78 Å². The minimum atomic E-state index is -0.493. The molecule has 3 rings (SSSR count). The topological polar surface area (TPSA) is 52.6 Å². The Morgan fingerprint density at radius 3 is 1.96 bits per heavy atom. The van der Waals surface area contributed by atoms with Crippen LogP contribution >= 0.6 is 0 Å². The van der Waals surface area contributed by atoms with E-state index >= 15 is 0 Å². The van der Waals surface area contributed by atoms with Gasteiger partial charge in [-0.1, -0.05) is 42.5 Å². The first kappa shape index (κ1) is 18.1. The van der Waals surface area contributed by atoms with Gasteiger partial charge in [-0.15, -0.1) is 0 Å². The summed E-state index contributed by atoms with van der Waals surface area (Å²) < 4.78 is 10.3. The first-order chi connectivity index (χ1) is 13.2. The summed E-state index contributed by atoms with van der Waals surface area (Å²) >= 11 is 0. The standard InChI is InChI=1S/C23H18O4/c1-26-20-12-7-17(8-13-20)9-16-22(24)27-21-14-10-19(11-15-21)23(25)18-5-3-2-4-6-18/h2-16H,1H3/b16-9+. The summed E-state index contributed by atoms with van der Waals surface area (Å²) in [5.41, 5.74) is 2.01. The van der Waals surface area contributed by atoms with Crippen molar-refractivity contribution in [2.24, 2.45) is 0 Å². The van der Waals surface area contributed by atoms with Gasteiger partial charge in [0, 0.05) is 17.2 Å². The average molecular weight is 358 g/mol. The fourth-order valence-electron chi connectivity index (χ4n) is 2.46. The van der Waals surface area contributed by atoms with Crippen molar-refractivity contribution in [3.63, 3.8) is 0 Å². The minimum absolute atomic E-state index is 0.0760. The first-order valence-electron chi connectivity index (χ1n) is 8.39. The van der Waals surface area contributed by atoms with Crippen LogP contribution in [-0.2, 0) is 4.79 Å².